The van der Waals surface area contributed by atoms with Crippen LogP contribution in [0.2, 0.25) is 5.02 Å². The van der Waals surface area contributed by atoms with Gasteiger partial charge < -0.3 is 10.1 Å². The van der Waals surface area contributed by atoms with Crippen LogP contribution in [0, 0.1) is 27.3 Å². The van der Waals surface area contributed by atoms with Crippen molar-refractivity contribution in [3.8, 4) is 11.8 Å². The third-order valence-corrected chi connectivity index (χ3v) is 3.18. The summed E-state index contributed by atoms with van der Waals surface area (Å²) < 4.78 is 18.7. The minimum atomic E-state index is -0.810. The first-order valence-corrected chi connectivity index (χ1v) is 6.84. The summed E-state index contributed by atoms with van der Waals surface area (Å²) in [5.74, 6) is -1.28. The molecular weight excluding hydrogens is 341 g/mol. The first kappa shape index (κ1) is 17.2. The van der Waals surface area contributed by atoms with E-state index >= 15 is 0 Å². The highest BCUT2D eigenvalue weighted by Crippen LogP contribution is 2.23. The molecule has 0 spiro atoms. The molecule has 0 bridgehead atoms. The minimum absolute atomic E-state index is 0.167. The summed E-state index contributed by atoms with van der Waals surface area (Å²) in [4.78, 5) is 21.7. The van der Waals surface area contributed by atoms with Gasteiger partial charge in [-0.2, -0.15) is 5.26 Å². The Balaban J connectivity index is 2.01. The number of hydrogen-bond acceptors (Lipinski definition) is 5. The summed E-state index contributed by atoms with van der Waals surface area (Å²) in [5.41, 5.74) is -0.422. The molecule has 0 unspecified atom stereocenters. The summed E-state index contributed by atoms with van der Waals surface area (Å²) in [6.07, 6.45) is 0. The molecule has 0 aromatic heterocycles. The zero-order valence-corrected chi connectivity index (χ0v) is 12.7. The number of amides is 1. The Morgan fingerprint density at radius 1 is 1.38 bits per heavy atom. The Hall–Kier alpha value is -3.18. The van der Waals surface area contributed by atoms with Crippen molar-refractivity contribution in [2.75, 3.05) is 11.9 Å². The largest absolute Gasteiger partial charge is 0.484 e. The Kier molecular flexibility index (Phi) is 5.29. The maximum atomic E-state index is 13.6. The molecule has 2 rings (SSSR count). The molecule has 0 fully saturated rings. The number of nitro groups is 1. The molecule has 0 saturated heterocycles. The van der Waals surface area contributed by atoms with Gasteiger partial charge in [0.25, 0.3) is 11.6 Å². The van der Waals surface area contributed by atoms with Gasteiger partial charge in [0.2, 0.25) is 0 Å². The van der Waals surface area contributed by atoms with E-state index in [0.717, 1.165) is 18.2 Å². The van der Waals surface area contributed by atoms with E-state index in [-0.39, 0.29) is 27.7 Å². The number of hydrogen-bond donors (Lipinski definition) is 1. The van der Waals surface area contributed by atoms with Crippen molar-refractivity contribution in [1.29, 1.82) is 5.26 Å². The highest BCUT2D eigenvalue weighted by atomic mass is 35.5. The standard InChI is InChI=1S/C15H9ClFN3O4/c16-12-6-11(3-1-9(12)7-18)24-8-15(21)19-14-5-10(20(22)23)2-4-13(14)17/h1-6H,8H2,(H,19,21). The highest BCUT2D eigenvalue weighted by Gasteiger charge is 2.13. The van der Waals surface area contributed by atoms with E-state index in [9.17, 15) is 19.3 Å². The van der Waals surface area contributed by atoms with Crippen molar-refractivity contribution in [3.05, 3.63) is 62.9 Å². The molecule has 0 aliphatic carbocycles. The number of halogens is 2. The SMILES string of the molecule is N#Cc1ccc(OCC(=O)Nc2cc([N+](=O)[O-])ccc2F)cc1Cl. The van der Waals surface area contributed by atoms with Crippen LogP contribution in [0.3, 0.4) is 0 Å². The summed E-state index contributed by atoms with van der Waals surface area (Å²) in [7, 11) is 0. The van der Waals surface area contributed by atoms with Gasteiger partial charge in [0.15, 0.2) is 6.61 Å². The van der Waals surface area contributed by atoms with Gasteiger partial charge in [-0.15, -0.1) is 0 Å². The minimum Gasteiger partial charge on any atom is -0.484 e. The van der Waals surface area contributed by atoms with E-state index in [1.165, 1.54) is 18.2 Å². The number of carbonyl (C=O) groups excluding carboxylic acids is 1. The van der Waals surface area contributed by atoms with E-state index in [4.69, 9.17) is 21.6 Å². The smallest absolute Gasteiger partial charge is 0.271 e. The van der Waals surface area contributed by atoms with Crippen molar-refractivity contribution >= 4 is 28.9 Å². The molecule has 0 radical (unpaired) electrons. The quantitative estimate of drug-likeness (QED) is 0.658. The maximum absolute atomic E-state index is 13.6. The van der Waals surface area contributed by atoms with Crippen LogP contribution in [0.4, 0.5) is 15.8 Å². The second-order valence-electron chi connectivity index (χ2n) is 4.51. The molecule has 2 aromatic rings. The predicted molar refractivity (Wildman–Crippen MR) is 83.3 cm³/mol. The van der Waals surface area contributed by atoms with E-state index in [1.54, 1.807) is 0 Å². The van der Waals surface area contributed by atoms with Gasteiger partial charge in [-0.1, -0.05) is 11.6 Å². The molecular formula is C15H9ClFN3O4. The number of nitrogens with one attached hydrogen (secondary N) is 1. The van der Waals surface area contributed by atoms with Crippen LogP contribution in [0.25, 0.3) is 0 Å². The van der Waals surface area contributed by atoms with Gasteiger partial charge >= 0.3 is 0 Å². The lowest BCUT2D eigenvalue weighted by Gasteiger charge is -2.08. The topological polar surface area (TPSA) is 105 Å². The second-order valence-corrected chi connectivity index (χ2v) is 4.92. The monoisotopic (exact) mass is 349 g/mol. The number of ether oxygens (including phenoxy) is 1. The fourth-order valence-electron chi connectivity index (χ4n) is 1.73. The molecule has 0 heterocycles. The van der Waals surface area contributed by atoms with Crippen LogP contribution in [-0.4, -0.2) is 17.4 Å². The lowest BCUT2D eigenvalue weighted by Crippen LogP contribution is -2.20. The Labute approximate surface area is 140 Å². The van der Waals surface area contributed by atoms with E-state index in [2.05, 4.69) is 5.32 Å². The van der Waals surface area contributed by atoms with Gasteiger partial charge in [-0.25, -0.2) is 4.39 Å². The van der Waals surface area contributed by atoms with Crippen LogP contribution < -0.4 is 10.1 Å². The lowest BCUT2D eigenvalue weighted by molar-refractivity contribution is -0.384. The fraction of sp³-hybridized carbons (Fsp3) is 0.0667. The predicted octanol–water partition coefficient (Wildman–Crippen LogP) is 3.28. The average molecular weight is 350 g/mol. The molecule has 122 valence electrons. The summed E-state index contributed by atoms with van der Waals surface area (Å²) in [6, 6.07) is 8.89. The van der Waals surface area contributed by atoms with Gasteiger partial charge in [-0.3, -0.25) is 14.9 Å². The molecule has 0 saturated carbocycles. The maximum Gasteiger partial charge on any atom is 0.271 e. The third kappa shape index (κ3) is 4.18. The number of non-ortho nitro benzene ring substituents is 1. The van der Waals surface area contributed by atoms with Crippen LogP contribution >= 0.6 is 11.6 Å². The Morgan fingerprint density at radius 2 is 2.12 bits per heavy atom. The first-order chi connectivity index (χ1) is 11.4. The van der Waals surface area contributed by atoms with Gasteiger partial charge in [0.1, 0.15) is 17.6 Å². The summed E-state index contributed by atoms with van der Waals surface area (Å²) >= 11 is 5.83. The third-order valence-electron chi connectivity index (χ3n) is 2.87. The molecule has 0 aliphatic rings. The fourth-order valence-corrected chi connectivity index (χ4v) is 1.95. The number of rotatable bonds is 5. The molecule has 7 nitrogen and oxygen atoms in total. The molecule has 1 N–H and O–H groups in total. The zero-order chi connectivity index (χ0) is 17.7. The van der Waals surface area contributed by atoms with Crippen molar-refractivity contribution < 1.29 is 18.8 Å². The second kappa shape index (κ2) is 7.39. The van der Waals surface area contributed by atoms with Crippen LogP contribution in [0.1, 0.15) is 5.56 Å². The number of benzene rings is 2. The van der Waals surface area contributed by atoms with Crippen LogP contribution in [0.5, 0.6) is 5.75 Å². The zero-order valence-electron chi connectivity index (χ0n) is 12.0. The molecule has 1 amide bonds. The molecule has 0 aliphatic heterocycles. The van der Waals surface area contributed by atoms with E-state index in [1.807, 2.05) is 6.07 Å². The summed E-state index contributed by atoms with van der Waals surface area (Å²) in [6.45, 7) is -0.468. The highest BCUT2D eigenvalue weighted by molar-refractivity contribution is 6.31. The van der Waals surface area contributed by atoms with Gasteiger partial charge in [0.05, 0.1) is 21.2 Å². The Morgan fingerprint density at radius 3 is 2.75 bits per heavy atom. The number of anilines is 1. The number of nitro benzene ring substituents is 1. The summed E-state index contributed by atoms with van der Waals surface area (Å²) in [5, 5.41) is 21.8. The van der Waals surface area contributed by atoms with Gasteiger partial charge in [0, 0.05) is 18.2 Å². The average Bonchev–Trinajstić information content (AvgIpc) is 2.55. The van der Waals surface area contributed by atoms with Crippen molar-refractivity contribution in [1.82, 2.24) is 0 Å². The van der Waals surface area contributed by atoms with Crippen molar-refractivity contribution in [2.24, 2.45) is 0 Å². The Bertz CT molecular complexity index is 851. The molecule has 0 atom stereocenters. The van der Waals surface area contributed by atoms with E-state index in [0.29, 0.717) is 0 Å². The van der Waals surface area contributed by atoms with Crippen molar-refractivity contribution in [2.45, 2.75) is 0 Å². The van der Waals surface area contributed by atoms with Crippen LogP contribution in [-0.2, 0) is 4.79 Å². The van der Waals surface area contributed by atoms with Gasteiger partial charge in [-0.05, 0) is 18.2 Å². The number of carbonyl (C=O) groups is 1. The van der Waals surface area contributed by atoms with E-state index < -0.39 is 23.3 Å². The molecule has 2 aromatic carbocycles. The number of nitriles is 1. The molecule has 24 heavy (non-hydrogen) atoms. The van der Waals surface area contributed by atoms with Crippen molar-refractivity contribution in [3.63, 3.8) is 0 Å². The number of nitrogens with zero attached hydrogens (tertiary/aromatic N) is 2. The van der Waals surface area contributed by atoms with Crippen LogP contribution in [0.15, 0.2) is 36.4 Å². The lowest BCUT2D eigenvalue weighted by atomic mass is 10.2. The molecule has 9 heteroatoms. The first-order valence-electron chi connectivity index (χ1n) is 6.47. The normalized spacial score (nSPS) is 9.88.